The van der Waals surface area contributed by atoms with Gasteiger partial charge >= 0.3 is 0 Å². The molecule has 2 heterocycles. The molecule has 1 saturated heterocycles. The van der Waals surface area contributed by atoms with Crippen molar-refractivity contribution in [1.29, 1.82) is 5.41 Å². The van der Waals surface area contributed by atoms with Crippen LogP contribution in [0.2, 0.25) is 0 Å². The molecule has 2 rings (SSSR count). The van der Waals surface area contributed by atoms with E-state index < -0.39 is 0 Å². The van der Waals surface area contributed by atoms with E-state index in [2.05, 4.69) is 22.9 Å². The van der Waals surface area contributed by atoms with E-state index in [4.69, 9.17) is 5.41 Å². The normalized spacial score (nSPS) is 16.4. The van der Waals surface area contributed by atoms with Crippen LogP contribution in [0.25, 0.3) is 0 Å². The third kappa shape index (κ3) is 1.76. The van der Waals surface area contributed by atoms with Crippen molar-refractivity contribution in [3.63, 3.8) is 0 Å². The molecule has 0 saturated carbocycles. The van der Waals surface area contributed by atoms with Crippen LogP contribution >= 0.6 is 0 Å². The number of nitrogens with zero attached hydrogens (tertiary/aromatic N) is 2. The van der Waals surface area contributed by atoms with E-state index >= 15 is 0 Å². The second-order valence-corrected chi connectivity index (χ2v) is 3.74. The molecule has 0 amide bonds. The van der Waals surface area contributed by atoms with Gasteiger partial charge < -0.3 is 4.90 Å². The Labute approximate surface area is 84.3 Å². The summed E-state index contributed by atoms with van der Waals surface area (Å²) in [6, 6.07) is 4.02. The smallest absolute Gasteiger partial charge is 0.0961 e. The quantitative estimate of drug-likeness (QED) is 0.772. The lowest BCUT2D eigenvalue weighted by Gasteiger charge is -2.17. The van der Waals surface area contributed by atoms with Crippen LogP contribution in [0.5, 0.6) is 0 Å². The minimum absolute atomic E-state index is 0.759. The molecule has 3 nitrogen and oxygen atoms in total. The lowest BCUT2D eigenvalue weighted by molar-refractivity contribution is 0.438. The summed E-state index contributed by atoms with van der Waals surface area (Å²) < 4.78 is 0. The van der Waals surface area contributed by atoms with Gasteiger partial charge in [0.1, 0.15) is 0 Å². The van der Waals surface area contributed by atoms with Crippen LogP contribution in [-0.4, -0.2) is 22.3 Å². The fourth-order valence-corrected chi connectivity index (χ4v) is 1.77. The number of aryl methyl sites for hydroxylation is 1. The molecule has 1 aliphatic heterocycles. The number of hydrogen-bond donors (Lipinski definition) is 1. The SMILES string of the molecule is Cc1cccnc1CN1CCCC1=N. The molecule has 0 radical (unpaired) electrons. The first kappa shape index (κ1) is 9.19. The predicted molar refractivity (Wildman–Crippen MR) is 56.3 cm³/mol. The maximum absolute atomic E-state index is 7.72. The maximum atomic E-state index is 7.72. The van der Waals surface area contributed by atoms with Crippen molar-refractivity contribution in [3.8, 4) is 0 Å². The summed E-state index contributed by atoms with van der Waals surface area (Å²) in [6.07, 6.45) is 3.86. The van der Waals surface area contributed by atoms with Crippen molar-refractivity contribution < 1.29 is 0 Å². The van der Waals surface area contributed by atoms with Gasteiger partial charge in [-0.3, -0.25) is 10.4 Å². The van der Waals surface area contributed by atoms with Gasteiger partial charge in [0, 0.05) is 19.2 Å². The molecule has 1 aliphatic rings. The number of rotatable bonds is 2. The number of likely N-dealkylation sites (tertiary alicyclic amines) is 1. The molecule has 74 valence electrons. The molecule has 0 unspecified atom stereocenters. The Balaban J connectivity index is 2.10. The van der Waals surface area contributed by atoms with Crippen LogP contribution in [0.1, 0.15) is 24.1 Å². The first-order valence-corrected chi connectivity index (χ1v) is 5.00. The number of aromatic nitrogens is 1. The summed E-state index contributed by atoms with van der Waals surface area (Å²) in [4.78, 5) is 6.44. The Kier molecular flexibility index (Phi) is 2.48. The van der Waals surface area contributed by atoms with E-state index in [1.165, 1.54) is 5.56 Å². The zero-order valence-corrected chi connectivity index (χ0v) is 8.45. The first-order chi connectivity index (χ1) is 6.77. The zero-order chi connectivity index (χ0) is 9.97. The molecule has 14 heavy (non-hydrogen) atoms. The van der Waals surface area contributed by atoms with Crippen molar-refractivity contribution in [1.82, 2.24) is 9.88 Å². The monoisotopic (exact) mass is 189 g/mol. The van der Waals surface area contributed by atoms with Gasteiger partial charge in [0.15, 0.2) is 0 Å². The van der Waals surface area contributed by atoms with Crippen LogP contribution in [0.3, 0.4) is 0 Å². The van der Waals surface area contributed by atoms with E-state index in [9.17, 15) is 0 Å². The summed E-state index contributed by atoms with van der Waals surface area (Å²) in [5, 5.41) is 7.72. The first-order valence-electron chi connectivity index (χ1n) is 5.00. The maximum Gasteiger partial charge on any atom is 0.0961 e. The summed E-state index contributed by atoms with van der Waals surface area (Å²) >= 11 is 0. The molecule has 1 N–H and O–H groups in total. The van der Waals surface area contributed by atoms with Crippen molar-refractivity contribution in [2.45, 2.75) is 26.3 Å². The Morgan fingerprint density at radius 1 is 1.57 bits per heavy atom. The molecule has 0 aromatic carbocycles. The third-order valence-electron chi connectivity index (χ3n) is 2.68. The van der Waals surface area contributed by atoms with Gasteiger partial charge in [0.2, 0.25) is 0 Å². The second kappa shape index (κ2) is 3.78. The van der Waals surface area contributed by atoms with Crippen LogP contribution in [-0.2, 0) is 6.54 Å². The summed E-state index contributed by atoms with van der Waals surface area (Å²) in [6.45, 7) is 3.88. The topological polar surface area (TPSA) is 40.0 Å². The third-order valence-corrected chi connectivity index (χ3v) is 2.68. The molecular formula is C11H15N3. The summed E-state index contributed by atoms with van der Waals surface area (Å²) in [5.41, 5.74) is 2.31. The second-order valence-electron chi connectivity index (χ2n) is 3.74. The predicted octanol–water partition coefficient (Wildman–Crippen LogP) is 1.96. The zero-order valence-electron chi connectivity index (χ0n) is 8.45. The van der Waals surface area contributed by atoms with Crippen LogP contribution in [0, 0.1) is 12.3 Å². The fraction of sp³-hybridized carbons (Fsp3) is 0.455. The lowest BCUT2D eigenvalue weighted by atomic mass is 10.2. The minimum atomic E-state index is 0.759. The van der Waals surface area contributed by atoms with Crippen LogP contribution in [0.4, 0.5) is 0 Å². The van der Waals surface area contributed by atoms with Gasteiger partial charge in [-0.15, -0.1) is 0 Å². The highest BCUT2D eigenvalue weighted by molar-refractivity contribution is 5.80. The fourth-order valence-electron chi connectivity index (χ4n) is 1.77. The Morgan fingerprint density at radius 2 is 2.43 bits per heavy atom. The number of amidine groups is 1. The van der Waals surface area contributed by atoms with E-state index in [1.807, 2.05) is 12.3 Å². The van der Waals surface area contributed by atoms with Gasteiger partial charge in [-0.25, -0.2) is 0 Å². The highest BCUT2D eigenvalue weighted by atomic mass is 15.2. The molecule has 0 aliphatic carbocycles. The van der Waals surface area contributed by atoms with E-state index in [0.717, 1.165) is 37.5 Å². The van der Waals surface area contributed by atoms with E-state index in [0.29, 0.717) is 0 Å². The Morgan fingerprint density at radius 3 is 3.07 bits per heavy atom. The molecule has 0 spiro atoms. The number of hydrogen-bond acceptors (Lipinski definition) is 2. The highest BCUT2D eigenvalue weighted by Gasteiger charge is 2.17. The minimum Gasteiger partial charge on any atom is -0.355 e. The van der Waals surface area contributed by atoms with Crippen molar-refractivity contribution in [2.75, 3.05) is 6.54 Å². The van der Waals surface area contributed by atoms with Crippen LogP contribution < -0.4 is 0 Å². The van der Waals surface area contributed by atoms with Crippen molar-refractivity contribution >= 4 is 5.84 Å². The summed E-state index contributed by atoms with van der Waals surface area (Å²) in [7, 11) is 0. The molecule has 0 bridgehead atoms. The molecular weight excluding hydrogens is 174 g/mol. The number of nitrogens with one attached hydrogen (secondary N) is 1. The summed E-state index contributed by atoms with van der Waals surface area (Å²) in [5.74, 6) is 0.759. The van der Waals surface area contributed by atoms with Crippen molar-refractivity contribution in [2.24, 2.45) is 0 Å². The molecule has 1 aromatic rings. The van der Waals surface area contributed by atoms with Gasteiger partial charge in [-0.1, -0.05) is 6.07 Å². The highest BCUT2D eigenvalue weighted by Crippen LogP contribution is 2.14. The molecule has 1 aromatic heterocycles. The van der Waals surface area contributed by atoms with Gasteiger partial charge in [0.25, 0.3) is 0 Å². The Bertz CT molecular complexity index is 346. The standard InChI is InChI=1S/C11H15N3/c1-9-4-2-6-13-10(9)8-14-7-3-5-11(14)12/h2,4,6,12H,3,5,7-8H2,1H3. The van der Waals surface area contributed by atoms with Gasteiger partial charge in [-0.2, -0.15) is 0 Å². The Hall–Kier alpha value is -1.38. The molecule has 3 heteroatoms. The van der Waals surface area contributed by atoms with Gasteiger partial charge in [-0.05, 0) is 25.0 Å². The molecule has 0 atom stereocenters. The largest absolute Gasteiger partial charge is 0.355 e. The van der Waals surface area contributed by atoms with Gasteiger partial charge in [0.05, 0.1) is 18.1 Å². The van der Waals surface area contributed by atoms with Crippen LogP contribution in [0.15, 0.2) is 18.3 Å². The lowest BCUT2D eigenvalue weighted by Crippen LogP contribution is -2.24. The average Bonchev–Trinajstić information content (AvgIpc) is 2.56. The molecule has 1 fully saturated rings. The van der Waals surface area contributed by atoms with Crippen molar-refractivity contribution in [3.05, 3.63) is 29.6 Å². The van der Waals surface area contributed by atoms with E-state index in [-0.39, 0.29) is 0 Å². The number of pyridine rings is 1. The van der Waals surface area contributed by atoms with E-state index in [1.54, 1.807) is 0 Å². The average molecular weight is 189 g/mol.